The maximum atomic E-state index is 12.0. The first-order chi connectivity index (χ1) is 12.7. The fourth-order valence-electron chi connectivity index (χ4n) is 2.23. The summed E-state index contributed by atoms with van der Waals surface area (Å²) in [5.41, 5.74) is 1.66. The normalized spacial score (nSPS) is 11.6. The molecule has 0 aliphatic heterocycles. The number of carbonyl (C=O) groups excluding carboxylic acids is 1. The molecule has 1 aromatic rings. The zero-order valence-electron chi connectivity index (χ0n) is 16.3. The number of aliphatic imine (C=N–C) groups is 1. The second-order valence-corrected chi connectivity index (χ2v) is 6.10. The molecular formula is C18H28F3IN4O2. The topological polar surface area (TPSA) is 66.0 Å². The highest BCUT2D eigenvalue weighted by Gasteiger charge is 2.27. The molecule has 28 heavy (non-hydrogen) atoms. The highest BCUT2D eigenvalue weighted by Crippen LogP contribution is 2.14. The van der Waals surface area contributed by atoms with Gasteiger partial charge in [0.15, 0.2) is 5.96 Å². The predicted octanol–water partition coefficient (Wildman–Crippen LogP) is 2.68. The van der Waals surface area contributed by atoms with E-state index in [9.17, 15) is 18.0 Å². The van der Waals surface area contributed by atoms with E-state index >= 15 is 0 Å². The van der Waals surface area contributed by atoms with E-state index in [0.29, 0.717) is 37.5 Å². The van der Waals surface area contributed by atoms with Gasteiger partial charge in [0.25, 0.3) is 5.91 Å². The third-order valence-electron chi connectivity index (χ3n) is 3.53. The van der Waals surface area contributed by atoms with Crippen molar-refractivity contribution in [3.63, 3.8) is 0 Å². The largest absolute Gasteiger partial charge is 0.411 e. The molecule has 0 saturated heterocycles. The lowest BCUT2D eigenvalue weighted by atomic mass is 10.1. The lowest BCUT2D eigenvalue weighted by Crippen LogP contribution is -2.39. The molecule has 0 bridgehead atoms. The van der Waals surface area contributed by atoms with Crippen LogP contribution in [-0.2, 0) is 11.2 Å². The molecule has 0 aromatic heterocycles. The van der Waals surface area contributed by atoms with Gasteiger partial charge >= 0.3 is 6.18 Å². The van der Waals surface area contributed by atoms with Gasteiger partial charge in [-0.15, -0.1) is 24.0 Å². The Kier molecular flexibility index (Phi) is 12.8. The Bertz CT molecular complexity index is 625. The monoisotopic (exact) mass is 516 g/mol. The van der Waals surface area contributed by atoms with Crippen LogP contribution in [0.2, 0.25) is 0 Å². The maximum Gasteiger partial charge on any atom is 0.411 e. The van der Waals surface area contributed by atoms with Crippen molar-refractivity contribution in [1.29, 1.82) is 0 Å². The van der Waals surface area contributed by atoms with E-state index in [1.807, 2.05) is 18.2 Å². The van der Waals surface area contributed by atoms with Crippen LogP contribution in [0.4, 0.5) is 13.2 Å². The van der Waals surface area contributed by atoms with Gasteiger partial charge in [0, 0.05) is 46.4 Å². The molecule has 1 rings (SSSR count). The first kappa shape index (κ1) is 26.4. The minimum atomic E-state index is -4.29. The van der Waals surface area contributed by atoms with Crippen molar-refractivity contribution >= 4 is 35.8 Å². The van der Waals surface area contributed by atoms with E-state index in [4.69, 9.17) is 0 Å². The van der Waals surface area contributed by atoms with Crippen molar-refractivity contribution in [2.24, 2.45) is 4.99 Å². The smallest absolute Gasteiger partial charge is 0.372 e. The zero-order chi connectivity index (χ0) is 20.3. The molecule has 0 saturated carbocycles. The van der Waals surface area contributed by atoms with E-state index in [1.54, 1.807) is 27.2 Å². The van der Waals surface area contributed by atoms with E-state index < -0.39 is 12.8 Å². The van der Waals surface area contributed by atoms with Crippen LogP contribution in [0.5, 0.6) is 0 Å². The molecule has 0 unspecified atom stereocenters. The van der Waals surface area contributed by atoms with Crippen LogP contribution < -0.4 is 10.6 Å². The first-order valence-electron chi connectivity index (χ1n) is 8.62. The quantitative estimate of drug-likeness (QED) is 0.229. The van der Waals surface area contributed by atoms with Gasteiger partial charge in [-0.3, -0.25) is 9.79 Å². The Balaban J connectivity index is 0.00000729. The molecule has 2 N–H and O–H groups in total. The van der Waals surface area contributed by atoms with Gasteiger partial charge in [0.05, 0.1) is 0 Å². The second-order valence-electron chi connectivity index (χ2n) is 6.10. The van der Waals surface area contributed by atoms with Gasteiger partial charge < -0.3 is 20.3 Å². The summed E-state index contributed by atoms with van der Waals surface area (Å²) in [6.45, 7) is -0.153. The van der Waals surface area contributed by atoms with E-state index in [1.165, 1.54) is 4.90 Å². The van der Waals surface area contributed by atoms with Crippen LogP contribution >= 0.6 is 24.0 Å². The maximum absolute atomic E-state index is 12.0. The van der Waals surface area contributed by atoms with Gasteiger partial charge in [-0.05, 0) is 30.5 Å². The number of amides is 1. The molecule has 6 nitrogen and oxygen atoms in total. The molecular weight excluding hydrogens is 488 g/mol. The van der Waals surface area contributed by atoms with Crippen LogP contribution in [0.1, 0.15) is 22.3 Å². The SMILES string of the molecule is CN=C(NCCCOCC(F)(F)F)NCCc1cccc(C(=O)N(C)C)c1.I. The number of hydrogen-bond donors (Lipinski definition) is 2. The zero-order valence-corrected chi connectivity index (χ0v) is 18.6. The molecule has 0 aliphatic carbocycles. The molecule has 0 atom stereocenters. The fourth-order valence-corrected chi connectivity index (χ4v) is 2.23. The van der Waals surface area contributed by atoms with Crippen molar-refractivity contribution in [3.05, 3.63) is 35.4 Å². The minimum absolute atomic E-state index is 0. The highest BCUT2D eigenvalue weighted by atomic mass is 127. The molecule has 0 aliphatic rings. The number of hydrogen-bond acceptors (Lipinski definition) is 3. The molecule has 160 valence electrons. The third-order valence-corrected chi connectivity index (χ3v) is 3.53. The Morgan fingerprint density at radius 1 is 1.21 bits per heavy atom. The number of carbonyl (C=O) groups is 1. The molecule has 1 amide bonds. The highest BCUT2D eigenvalue weighted by molar-refractivity contribution is 14.0. The first-order valence-corrected chi connectivity index (χ1v) is 8.62. The van der Waals surface area contributed by atoms with Gasteiger partial charge in [-0.1, -0.05) is 12.1 Å². The van der Waals surface area contributed by atoms with E-state index in [2.05, 4.69) is 20.4 Å². The van der Waals surface area contributed by atoms with Gasteiger partial charge in [-0.2, -0.15) is 13.2 Å². The Morgan fingerprint density at radius 2 is 1.89 bits per heavy atom. The van der Waals surface area contributed by atoms with Crippen LogP contribution in [0.3, 0.4) is 0 Å². The molecule has 0 heterocycles. The number of ether oxygens (including phenoxy) is 1. The average molecular weight is 516 g/mol. The van der Waals surface area contributed by atoms with Crippen LogP contribution in [0, 0.1) is 0 Å². The number of nitrogens with one attached hydrogen (secondary N) is 2. The number of nitrogens with zero attached hydrogens (tertiary/aromatic N) is 2. The van der Waals surface area contributed by atoms with Crippen LogP contribution in [0.25, 0.3) is 0 Å². The fraction of sp³-hybridized carbons (Fsp3) is 0.556. The summed E-state index contributed by atoms with van der Waals surface area (Å²) in [5.74, 6) is 0.515. The molecule has 0 fully saturated rings. The third kappa shape index (κ3) is 11.3. The summed E-state index contributed by atoms with van der Waals surface area (Å²) in [6, 6.07) is 7.43. The Morgan fingerprint density at radius 3 is 2.50 bits per heavy atom. The van der Waals surface area contributed by atoms with E-state index in [-0.39, 0.29) is 36.5 Å². The van der Waals surface area contributed by atoms with Crippen molar-refractivity contribution in [1.82, 2.24) is 15.5 Å². The number of halogens is 4. The van der Waals surface area contributed by atoms with Gasteiger partial charge in [-0.25, -0.2) is 0 Å². The standard InChI is InChI=1S/C18H27F3N4O2.HI/c1-22-17(23-9-5-11-27-13-18(19,20)21)24-10-8-14-6-4-7-15(12-14)16(26)25(2)3;/h4,6-7,12H,5,8-11,13H2,1-3H3,(H2,22,23,24);1H. The Hall–Kier alpha value is -1.56. The van der Waals surface area contributed by atoms with E-state index in [0.717, 1.165) is 5.56 Å². The Labute approximate surface area is 180 Å². The molecule has 1 aromatic carbocycles. The minimum Gasteiger partial charge on any atom is -0.372 e. The molecule has 0 radical (unpaired) electrons. The summed E-state index contributed by atoms with van der Waals surface area (Å²) in [7, 11) is 5.03. The summed E-state index contributed by atoms with van der Waals surface area (Å²) >= 11 is 0. The summed E-state index contributed by atoms with van der Waals surface area (Å²) in [6.07, 6.45) is -3.16. The lowest BCUT2D eigenvalue weighted by molar-refractivity contribution is -0.173. The average Bonchev–Trinajstić information content (AvgIpc) is 2.61. The van der Waals surface area contributed by atoms with Gasteiger partial charge in [0.1, 0.15) is 6.61 Å². The molecule has 10 heteroatoms. The number of benzene rings is 1. The lowest BCUT2D eigenvalue weighted by Gasteiger charge is -2.13. The van der Waals surface area contributed by atoms with Crippen molar-refractivity contribution in [2.45, 2.75) is 19.0 Å². The van der Waals surface area contributed by atoms with Crippen molar-refractivity contribution in [2.75, 3.05) is 47.4 Å². The van der Waals surface area contributed by atoms with Crippen molar-refractivity contribution < 1.29 is 22.7 Å². The second kappa shape index (κ2) is 13.6. The number of rotatable bonds is 9. The summed E-state index contributed by atoms with van der Waals surface area (Å²) in [4.78, 5) is 17.6. The van der Waals surface area contributed by atoms with Crippen molar-refractivity contribution in [3.8, 4) is 0 Å². The summed E-state index contributed by atoms with van der Waals surface area (Å²) < 4.78 is 40.4. The van der Waals surface area contributed by atoms with Crippen LogP contribution in [0.15, 0.2) is 29.3 Å². The molecule has 0 spiro atoms. The van der Waals surface area contributed by atoms with Crippen LogP contribution in [-0.4, -0.2) is 70.4 Å². The summed E-state index contributed by atoms with van der Waals surface area (Å²) in [5, 5.41) is 6.14. The number of alkyl halides is 3. The number of guanidine groups is 1. The van der Waals surface area contributed by atoms with Gasteiger partial charge in [0.2, 0.25) is 0 Å². The predicted molar refractivity (Wildman–Crippen MR) is 114 cm³/mol.